The maximum absolute atomic E-state index is 12.1. The second kappa shape index (κ2) is 7.29. The van der Waals surface area contributed by atoms with Crippen LogP contribution >= 0.6 is 15.9 Å². The third-order valence-electron chi connectivity index (χ3n) is 2.98. The van der Waals surface area contributed by atoms with Crippen molar-refractivity contribution in [3.63, 3.8) is 0 Å². The highest BCUT2D eigenvalue weighted by molar-refractivity contribution is 9.10. The molecule has 1 N–H and O–H groups in total. The second-order valence-electron chi connectivity index (χ2n) is 4.85. The first-order valence-corrected chi connectivity index (χ1v) is 7.15. The van der Waals surface area contributed by atoms with Gasteiger partial charge >= 0.3 is 6.18 Å². The second-order valence-corrected chi connectivity index (χ2v) is 5.77. The lowest BCUT2D eigenvalue weighted by Crippen LogP contribution is -2.29. The van der Waals surface area contributed by atoms with E-state index in [9.17, 15) is 13.2 Å². The SMILES string of the molecule is CC(CCCC(F)(F)F)N[C@H](C)c1cccc(Br)c1. The van der Waals surface area contributed by atoms with Gasteiger partial charge in [-0.15, -0.1) is 0 Å². The topological polar surface area (TPSA) is 12.0 Å². The van der Waals surface area contributed by atoms with Crippen LogP contribution in [-0.4, -0.2) is 12.2 Å². The van der Waals surface area contributed by atoms with E-state index in [1.807, 2.05) is 38.1 Å². The Balaban J connectivity index is 2.38. The minimum atomic E-state index is -4.05. The van der Waals surface area contributed by atoms with Crippen LogP contribution in [0.3, 0.4) is 0 Å². The highest BCUT2D eigenvalue weighted by atomic mass is 79.9. The van der Waals surface area contributed by atoms with E-state index in [-0.39, 0.29) is 18.5 Å². The maximum Gasteiger partial charge on any atom is 0.389 e. The Morgan fingerprint density at radius 2 is 1.95 bits per heavy atom. The van der Waals surface area contributed by atoms with Gasteiger partial charge in [0.1, 0.15) is 0 Å². The normalized spacial score (nSPS) is 15.3. The van der Waals surface area contributed by atoms with Crippen molar-refractivity contribution in [2.24, 2.45) is 0 Å². The molecule has 1 unspecified atom stereocenters. The Kier molecular flexibility index (Phi) is 6.33. The van der Waals surface area contributed by atoms with Crippen molar-refractivity contribution in [3.8, 4) is 0 Å². The summed E-state index contributed by atoms with van der Waals surface area (Å²) in [6.07, 6.45) is -4.05. The van der Waals surface area contributed by atoms with Crippen LogP contribution in [-0.2, 0) is 0 Å². The lowest BCUT2D eigenvalue weighted by molar-refractivity contribution is -0.135. The molecule has 0 aromatic heterocycles. The molecule has 0 spiro atoms. The largest absolute Gasteiger partial charge is 0.389 e. The minimum Gasteiger partial charge on any atom is -0.308 e. The zero-order valence-electron chi connectivity index (χ0n) is 11.1. The molecule has 0 saturated carbocycles. The zero-order valence-corrected chi connectivity index (χ0v) is 12.7. The Hall–Kier alpha value is -0.550. The van der Waals surface area contributed by atoms with Crippen LogP contribution in [0.25, 0.3) is 0 Å². The molecule has 0 bridgehead atoms. The molecule has 108 valence electrons. The van der Waals surface area contributed by atoms with Gasteiger partial charge in [0.25, 0.3) is 0 Å². The molecule has 1 nitrogen and oxygen atoms in total. The summed E-state index contributed by atoms with van der Waals surface area (Å²) >= 11 is 3.41. The van der Waals surface area contributed by atoms with Gasteiger partial charge in [-0.1, -0.05) is 28.1 Å². The Labute approximate surface area is 120 Å². The molecule has 0 aliphatic rings. The van der Waals surface area contributed by atoms with Crippen molar-refractivity contribution in [3.05, 3.63) is 34.3 Å². The summed E-state index contributed by atoms with van der Waals surface area (Å²) in [6.45, 7) is 3.94. The molecule has 1 aromatic rings. The van der Waals surface area contributed by atoms with Gasteiger partial charge in [-0.25, -0.2) is 0 Å². The number of hydrogen-bond acceptors (Lipinski definition) is 1. The van der Waals surface area contributed by atoms with Crippen LogP contribution in [0.15, 0.2) is 28.7 Å². The van der Waals surface area contributed by atoms with E-state index in [2.05, 4.69) is 21.2 Å². The van der Waals surface area contributed by atoms with E-state index in [0.717, 1.165) is 10.0 Å². The number of rotatable bonds is 6. The van der Waals surface area contributed by atoms with Gasteiger partial charge in [0, 0.05) is 23.0 Å². The van der Waals surface area contributed by atoms with Gasteiger partial charge in [0.2, 0.25) is 0 Å². The highest BCUT2D eigenvalue weighted by Gasteiger charge is 2.26. The number of nitrogens with one attached hydrogen (secondary N) is 1. The number of alkyl halides is 3. The van der Waals surface area contributed by atoms with Crippen LogP contribution in [0.2, 0.25) is 0 Å². The molecular weight excluding hydrogens is 319 g/mol. The fourth-order valence-corrected chi connectivity index (χ4v) is 2.41. The molecule has 0 saturated heterocycles. The van der Waals surface area contributed by atoms with Crippen LogP contribution in [0, 0.1) is 0 Å². The quantitative estimate of drug-likeness (QED) is 0.750. The lowest BCUT2D eigenvalue weighted by atomic mass is 10.1. The average molecular weight is 338 g/mol. The van der Waals surface area contributed by atoms with Crippen LogP contribution < -0.4 is 5.32 Å². The van der Waals surface area contributed by atoms with Crippen LogP contribution in [0.1, 0.15) is 44.7 Å². The Bertz CT molecular complexity index is 393. The number of halogens is 4. The monoisotopic (exact) mass is 337 g/mol. The first-order chi connectivity index (χ1) is 8.78. The van der Waals surface area contributed by atoms with Crippen molar-refractivity contribution in [1.82, 2.24) is 5.32 Å². The van der Waals surface area contributed by atoms with Crippen molar-refractivity contribution in [1.29, 1.82) is 0 Å². The fraction of sp³-hybridized carbons (Fsp3) is 0.571. The van der Waals surface area contributed by atoms with Crippen molar-refractivity contribution < 1.29 is 13.2 Å². The molecule has 0 amide bonds. The van der Waals surface area contributed by atoms with Crippen LogP contribution in [0.5, 0.6) is 0 Å². The zero-order chi connectivity index (χ0) is 14.5. The summed E-state index contributed by atoms with van der Waals surface area (Å²) in [7, 11) is 0. The summed E-state index contributed by atoms with van der Waals surface area (Å²) < 4.78 is 37.2. The average Bonchev–Trinajstić information content (AvgIpc) is 2.27. The molecule has 1 aromatic carbocycles. The van der Waals surface area contributed by atoms with Gasteiger partial charge in [0.15, 0.2) is 0 Å². The van der Waals surface area contributed by atoms with Gasteiger partial charge in [-0.3, -0.25) is 0 Å². The van der Waals surface area contributed by atoms with Gasteiger partial charge in [-0.2, -0.15) is 13.2 Å². The van der Waals surface area contributed by atoms with E-state index in [1.165, 1.54) is 0 Å². The van der Waals surface area contributed by atoms with Gasteiger partial charge in [-0.05, 0) is 44.4 Å². The lowest BCUT2D eigenvalue weighted by Gasteiger charge is -2.20. The van der Waals surface area contributed by atoms with Crippen LogP contribution in [0.4, 0.5) is 13.2 Å². The smallest absolute Gasteiger partial charge is 0.308 e. The van der Waals surface area contributed by atoms with E-state index in [1.54, 1.807) is 0 Å². The summed E-state index contributed by atoms with van der Waals surface area (Å²) in [6, 6.07) is 8.11. The summed E-state index contributed by atoms with van der Waals surface area (Å²) in [5.41, 5.74) is 1.12. The van der Waals surface area contributed by atoms with Gasteiger partial charge in [0.05, 0.1) is 0 Å². The van der Waals surface area contributed by atoms with E-state index < -0.39 is 12.6 Å². The molecule has 2 atom stereocenters. The molecule has 19 heavy (non-hydrogen) atoms. The summed E-state index contributed by atoms with van der Waals surface area (Å²) in [5, 5.41) is 3.32. The first-order valence-electron chi connectivity index (χ1n) is 6.36. The molecule has 0 fully saturated rings. The predicted octanol–water partition coefficient (Wildman–Crippen LogP) is 5.22. The fourth-order valence-electron chi connectivity index (χ4n) is 1.99. The van der Waals surface area contributed by atoms with E-state index in [4.69, 9.17) is 0 Å². The maximum atomic E-state index is 12.1. The number of hydrogen-bond donors (Lipinski definition) is 1. The molecule has 0 heterocycles. The predicted molar refractivity (Wildman–Crippen MR) is 75.1 cm³/mol. The van der Waals surface area contributed by atoms with Crippen molar-refractivity contribution in [2.75, 3.05) is 0 Å². The standard InChI is InChI=1S/C14H19BrF3N/c1-10(5-4-8-14(16,17)18)19-11(2)12-6-3-7-13(15)9-12/h3,6-7,9-11,19H,4-5,8H2,1-2H3/t10?,11-/m1/s1. The Morgan fingerprint density at radius 3 is 2.53 bits per heavy atom. The first kappa shape index (κ1) is 16.5. The molecule has 0 radical (unpaired) electrons. The third-order valence-corrected chi connectivity index (χ3v) is 3.47. The number of benzene rings is 1. The molecule has 5 heteroatoms. The molecule has 0 aliphatic heterocycles. The summed E-state index contributed by atoms with van der Waals surface area (Å²) in [5.74, 6) is 0. The molecular formula is C14H19BrF3N. The Morgan fingerprint density at radius 1 is 1.26 bits per heavy atom. The van der Waals surface area contributed by atoms with E-state index >= 15 is 0 Å². The summed E-state index contributed by atoms with van der Waals surface area (Å²) in [4.78, 5) is 0. The van der Waals surface area contributed by atoms with Crippen molar-refractivity contribution >= 4 is 15.9 Å². The third kappa shape index (κ3) is 6.97. The molecule has 0 aliphatic carbocycles. The van der Waals surface area contributed by atoms with E-state index in [0.29, 0.717) is 6.42 Å². The van der Waals surface area contributed by atoms with Crippen molar-refractivity contribution in [2.45, 2.75) is 51.4 Å². The molecule has 1 rings (SSSR count). The van der Waals surface area contributed by atoms with Gasteiger partial charge < -0.3 is 5.32 Å². The highest BCUT2D eigenvalue weighted by Crippen LogP contribution is 2.23. The minimum absolute atomic E-state index is 0.0660.